The first-order valence-electron chi connectivity index (χ1n) is 21.0. The van der Waals surface area contributed by atoms with Crippen LogP contribution in [-0.4, -0.2) is 11.9 Å². The van der Waals surface area contributed by atoms with Crippen molar-refractivity contribution in [2.75, 3.05) is 0 Å². The molecule has 0 amide bonds. The second-order valence-electron chi connectivity index (χ2n) is 14.4. The molecule has 0 aliphatic rings. The molecule has 2 rings (SSSR count). The smallest absolute Gasteiger partial charge is 0.132 e. The summed E-state index contributed by atoms with van der Waals surface area (Å²) < 4.78 is 0. The maximum absolute atomic E-state index is 4.98. The quantitative estimate of drug-likeness (QED) is 0.0332. The molecular formula is C47H74N2Ni. The molecule has 0 aliphatic carbocycles. The molecule has 0 N–H and O–H groups in total. The van der Waals surface area contributed by atoms with Crippen LogP contribution in [0.25, 0.3) is 0 Å². The van der Waals surface area contributed by atoms with Crippen LogP contribution in [0.1, 0.15) is 199 Å². The minimum absolute atomic E-state index is 0. The molecule has 0 fully saturated rings. The van der Waals surface area contributed by atoms with Gasteiger partial charge in [-0.05, 0) is 73.4 Å². The Hall–Kier alpha value is -2.17. The predicted molar refractivity (Wildman–Crippen MR) is 220 cm³/mol. The summed E-state index contributed by atoms with van der Waals surface area (Å²) in [5, 5.41) is 0. The van der Waals surface area contributed by atoms with Gasteiger partial charge in [-0.2, -0.15) is 0 Å². The average molecular weight is 726 g/mol. The molecule has 0 radical (unpaired) electrons. The van der Waals surface area contributed by atoms with Gasteiger partial charge in [0.15, 0.2) is 0 Å². The number of rotatable bonds is 30. The first-order valence-corrected chi connectivity index (χ1v) is 21.0. The van der Waals surface area contributed by atoms with Crippen LogP contribution >= 0.6 is 0 Å². The second kappa shape index (κ2) is 33.9. The Morgan fingerprint density at radius 1 is 0.500 bits per heavy atom. The monoisotopic (exact) mass is 725 g/mol. The number of unbranched alkanes of at least 4 members (excludes halogenated alkanes) is 23. The van der Waals surface area contributed by atoms with E-state index in [1.54, 1.807) is 0 Å². The summed E-state index contributed by atoms with van der Waals surface area (Å²) in [4.78, 5) is 9.84. The van der Waals surface area contributed by atoms with E-state index in [9.17, 15) is 0 Å². The summed E-state index contributed by atoms with van der Waals surface area (Å²) in [6, 6.07) is 17.5. The molecule has 0 aromatic heterocycles. The van der Waals surface area contributed by atoms with Gasteiger partial charge in [-0.3, -0.25) is 4.99 Å². The van der Waals surface area contributed by atoms with Gasteiger partial charge in [0.1, 0.15) is 5.71 Å². The average Bonchev–Trinajstić information content (AvgIpc) is 3.12. The van der Waals surface area contributed by atoms with E-state index in [1.165, 1.54) is 165 Å². The van der Waals surface area contributed by atoms with E-state index < -0.39 is 0 Å². The normalized spacial score (nSPS) is 11.5. The van der Waals surface area contributed by atoms with Crippen LogP contribution in [-0.2, 0) is 29.3 Å². The van der Waals surface area contributed by atoms with Crippen LogP contribution in [0.15, 0.2) is 58.5 Å². The fourth-order valence-electron chi connectivity index (χ4n) is 6.54. The van der Waals surface area contributed by atoms with Crippen molar-refractivity contribution < 1.29 is 16.5 Å². The van der Waals surface area contributed by atoms with E-state index in [0.29, 0.717) is 0 Å². The third-order valence-electron chi connectivity index (χ3n) is 9.67. The molecule has 0 atom stereocenters. The third-order valence-corrected chi connectivity index (χ3v) is 9.67. The molecule has 2 aromatic rings. The number of benzene rings is 2. The largest absolute Gasteiger partial charge is 0.254 e. The molecule has 0 spiro atoms. The van der Waals surface area contributed by atoms with E-state index in [0.717, 1.165) is 42.8 Å². The van der Waals surface area contributed by atoms with E-state index >= 15 is 0 Å². The Morgan fingerprint density at radius 3 is 1.38 bits per heavy atom. The molecule has 0 saturated heterocycles. The zero-order valence-electron chi connectivity index (χ0n) is 32.7. The van der Waals surface area contributed by atoms with Gasteiger partial charge in [-0.1, -0.05) is 192 Å². The summed E-state index contributed by atoms with van der Waals surface area (Å²) in [6.07, 6.45) is 39.0. The summed E-state index contributed by atoms with van der Waals surface area (Å²) in [7, 11) is 0. The zero-order chi connectivity index (χ0) is 34.9. The molecular weight excluding hydrogens is 651 g/mol. The van der Waals surface area contributed by atoms with Crippen LogP contribution < -0.4 is 0 Å². The van der Waals surface area contributed by atoms with Gasteiger partial charge in [0, 0.05) is 22.9 Å². The molecule has 2 nitrogen and oxygen atoms in total. The standard InChI is InChI=1S/C47H74N2.Ni/c1-4-7-10-13-15-17-19-21-23-26-28-33-43-35-31-38-45(40-43)48-42-47(37-30-25-12-9-6-3)49-46-39-32-36-44(41-46)34-29-27-24-22-20-18-16-14-11-8-5-2;/h31-32,35-36,38-42H,4-29,33-34H2,1-3H3;/b48-42+,49-47+;. The molecule has 282 valence electrons. The van der Waals surface area contributed by atoms with E-state index in [1.807, 2.05) is 6.21 Å². The van der Waals surface area contributed by atoms with Crippen molar-refractivity contribution in [2.24, 2.45) is 9.98 Å². The van der Waals surface area contributed by atoms with Crippen molar-refractivity contribution in [3.8, 4) is 11.8 Å². The van der Waals surface area contributed by atoms with Crippen LogP contribution in [0.5, 0.6) is 0 Å². The van der Waals surface area contributed by atoms with Crippen molar-refractivity contribution in [1.82, 2.24) is 0 Å². The van der Waals surface area contributed by atoms with Crippen LogP contribution in [0.3, 0.4) is 0 Å². The van der Waals surface area contributed by atoms with Gasteiger partial charge in [0.25, 0.3) is 0 Å². The minimum Gasteiger partial charge on any atom is -0.254 e. The fraction of sp³-hybridized carbons (Fsp3) is 0.660. The Morgan fingerprint density at radius 2 is 0.900 bits per heavy atom. The predicted octanol–water partition coefficient (Wildman–Crippen LogP) is 15.4. The summed E-state index contributed by atoms with van der Waals surface area (Å²) >= 11 is 0. The molecule has 0 bridgehead atoms. The summed E-state index contributed by atoms with van der Waals surface area (Å²) in [5.41, 5.74) is 5.48. The van der Waals surface area contributed by atoms with Gasteiger partial charge in [0.05, 0.1) is 17.6 Å². The third kappa shape index (κ3) is 25.7. The number of hydrogen-bond acceptors (Lipinski definition) is 2. The fourth-order valence-corrected chi connectivity index (χ4v) is 6.54. The van der Waals surface area contributed by atoms with Crippen molar-refractivity contribution in [3.05, 3.63) is 59.7 Å². The molecule has 0 aliphatic heterocycles. The van der Waals surface area contributed by atoms with Gasteiger partial charge in [0.2, 0.25) is 0 Å². The second-order valence-corrected chi connectivity index (χ2v) is 14.4. The maximum atomic E-state index is 4.98. The molecule has 0 unspecified atom stereocenters. The van der Waals surface area contributed by atoms with E-state index in [-0.39, 0.29) is 16.5 Å². The van der Waals surface area contributed by atoms with Crippen LogP contribution in [0.4, 0.5) is 11.4 Å². The SMILES string of the molecule is CCCCCC#CC(/C=N/c1cccc(CCCCCCCCCCCCC)c1)=N\c1cccc(CCCCCCCCCCCCC)c1.[Ni]. The zero-order valence-corrected chi connectivity index (χ0v) is 33.7. The Labute approximate surface area is 320 Å². The van der Waals surface area contributed by atoms with Crippen LogP contribution in [0.2, 0.25) is 0 Å². The molecule has 50 heavy (non-hydrogen) atoms. The van der Waals surface area contributed by atoms with Crippen molar-refractivity contribution >= 4 is 23.3 Å². The summed E-state index contributed by atoms with van der Waals surface area (Å²) in [6.45, 7) is 6.82. The van der Waals surface area contributed by atoms with Crippen molar-refractivity contribution in [1.29, 1.82) is 0 Å². The van der Waals surface area contributed by atoms with E-state index in [4.69, 9.17) is 9.98 Å². The molecule has 3 heteroatoms. The molecule has 0 saturated carbocycles. The summed E-state index contributed by atoms with van der Waals surface area (Å²) in [5.74, 6) is 6.72. The number of aliphatic imine (C=N–C) groups is 2. The number of aryl methyl sites for hydroxylation is 2. The van der Waals surface area contributed by atoms with Gasteiger partial charge in [-0.25, -0.2) is 4.99 Å². The van der Waals surface area contributed by atoms with Crippen molar-refractivity contribution in [2.45, 2.75) is 201 Å². The van der Waals surface area contributed by atoms with Gasteiger partial charge in [-0.15, -0.1) is 0 Å². The van der Waals surface area contributed by atoms with Crippen molar-refractivity contribution in [3.63, 3.8) is 0 Å². The van der Waals surface area contributed by atoms with Crippen LogP contribution in [0, 0.1) is 11.8 Å². The molecule has 2 aromatic carbocycles. The first kappa shape index (κ1) is 45.9. The maximum Gasteiger partial charge on any atom is 0.132 e. The number of hydrogen-bond donors (Lipinski definition) is 0. The topological polar surface area (TPSA) is 24.7 Å². The first-order chi connectivity index (χ1) is 24.2. The Bertz CT molecular complexity index is 1190. The molecule has 0 heterocycles. The van der Waals surface area contributed by atoms with E-state index in [2.05, 4.69) is 81.1 Å². The van der Waals surface area contributed by atoms with Gasteiger partial charge >= 0.3 is 0 Å². The number of nitrogens with zero attached hydrogens (tertiary/aromatic N) is 2. The van der Waals surface area contributed by atoms with Gasteiger partial charge < -0.3 is 0 Å². The Balaban J connectivity index is 0.0000125. The Kier molecular flexibility index (Phi) is 31.1. The minimum atomic E-state index is 0.